The van der Waals surface area contributed by atoms with E-state index in [1.807, 2.05) is 24.3 Å². The van der Waals surface area contributed by atoms with Crippen LogP contribution in [0.15, 0.2) is 51.4 Å². The Kier molecular flexibility index (Phi) is 5.43. The van der Waals surface area contributed by atoms with Gasteiger partial charge in [0.05, 0.1) is 6.61 Å². The molecule has 1 saturated carbocycles. The molecule has 0 N–H and O–H groups in total. The van der Waals surface area contributed by atoms with E-state index in [4.69, 9.17) is 4.74 Å². The average molecular weight is 436 g/mol. The van der Waals surface area contributed by atoms with Gasteiger partial charge in [0.15, 0.2) is 5.16 Å². The van der Waals surface area contributed by atoms with Crippen LogP contribution >= 0.6 is 39.0 Å². The summed E-state index contributed by atoms with van der Waals surface area (Å²) in [5.41, 5.74) is 0. The Morgan fingerprint density at radius 3 is 2.92 bits per heavy atom. The minimum atomic E-state index is 0.582. The Morgan fingerprint density at radius 2 is 2.16 bits per heavy atom. The van der Waals surface area contributed by atoms with Crippen molar-refractivity contribution in [2.75, 3.05) is 12.4 Å². The lowest BCUT2D eigenvalue weighted by Crippen LogP contribution is -2.05. The number of ether oxygens (including phenoxy) is 1. The van der Waals surface area contributed by atoms with E-state index >= 15 is 0 Å². The van der Waals surface area contributed by atoms with E-state index in [-0.39, 0.29) is 0 Å². The molecule has 0 bridgehead atoms. The Morgan fingerprint density at radius 1 is 1.24 bits per heavy atom. The van der Waals surface area contributed by atoms with Gasteiger partial charge in [-0.1, -0.05) is 39.8 Å². The van der Waals surface area contributed by atoms with Crippen LogP contribution in [0.25, 0.3) is 0 Å². The van der Waals surface area contributed by atoms with Crippen molar-refractivity contribution in [1.82, 2.24) is 14.8 Å². The fraction of sp³-hybridized carbons (Fsp3) is 0.333. The second-order valence-electron chi connectivity index (χ2n) is 5.91. The normalized spacial score (nSPS) is 14.0. The number of hydrogen-bond donors (Lipinski definition) is 0. The highest BCUT2D eigenvalue weighted by Crippen LogP contribution is 2.39. The van der Waals surface area contributed by atoms with Crippen molar-refractivity contribution in [2.45, 2.75) is 30.5 Å². The first kappa shape index (κ1) is 17.1. The lowest BCUT2D eigenvalue weighted by Gasteiger charge is -2.09. The summed E-state index contributed by atoms with van der Waals surface area (Å²) in [6.45, 7) is 0.652. The largest absolute Gasteiger partial charge is 0.493 e. The third-order valence-electron chi connectivity index (χ3n) is 3.94. The topological polar surface area (TPSA) is 39.9 Å². The molecule has 1 aromatic carbocycles. The molecule has 0 spiro atoms. The first-order valence-electron chi connectivity index (χ1n) is 8.27. The van der Waals surface area contributed by atoms with Gasteiger partial charge in [0.2, 0.25) is 0 Å². The van der Waals surface area contributed by atoms with Crippen molar-refractivity contribution in [3.63, 3.8) is 0 Å². The van der Waals surface area contributed by atoms with Crippen LogP contribution in [0, 0.1) is 0 Å². The van der Waals surface area contributed by atoms with Crippen molar-refractivity contribution >= 4 is 39.0 Å². The van der Waals surface area contributed by atoms with Crippen LogP contribution in [0.1, 0.15) is 29.6 Å². The summed E-state index contributed by atoms with van der Waals surface area (Å²) in [6, 6.07) is 12.8. The lowest BCUT2D eigenvalue weighted by molar-refractivity contribution is 0.343. The average Bonchev–Trinajstić information content (AvgIpc) is 3.16. The molecule has 0 atom stereocenters. The minimum Gasteiger partial charge on any atom is -0.493 e. The summed E-state index contributed by atoms with van der Waals surface area (Å²) >= 11 is 6.97. The molecule has 1 aliphatic carbocycles. The van der Waals surface area contributed by atoms with E-state index in [9.17, 15) is 0 Å². The Bertz CT molecular complexity index is 831. The van der Waals surface area contributed by atoms with Gasteiger partial charge in [-0.25, -0.2) is 0 Å². The van der Waals surface area contributed by atoms with E-state index < -0.39 is 0 Å². The highest BCUT2D eigenvalue weighted by Gasteiger charge is 2.29. The molecule has 0 aliphatic heterocycles. The predicted octanol–water partition coefficient (Wildman–Crippen LogP) is 5.20. The van der Waals surface area contributed by atoms with Crippen LogP contribution in [0.2, 0.25) is 0 Å². The molecule has 0 radical (unpaired) electrons. The molecule has 3 aromatic rings. The van der Waals surface area contributed by atoms with Gasteiger partial charge in [-0.2, -0.15) is 0 Å². The number of rotatable bonds is 8. The van der Waals surface area contributed by atoms with Crippen molar-refractivity contribution in [3.8, 4) is 5.75 Å². The summed E-state index contributed by atoms with van der Waals surface area (Å²) in [5, 5.41) is 12.0. The molecule has 130 valence electrons. The monoisotopic (exact) mass is 435 g/mol. The van der Waals surface area contributed by atoms with E-state index in [2.05, 4.69) is 48.2 Å². The zero-order valence-corrected chi connectivity index (χ0v) is 16.8. The number of thiophene rings is 1. The summed E-state index contributed by atoms with van der Waals surface area (Å²) in [7, 11) is 0. The number of hydrogen-bond acceptors (Lipinski definition) is 5. The van der Waals surface area contributed by atoms with Crippen LogP contribution in [0.5, 0.6) is 5.75 Å². The number of thioether (sulfide) groups is 1. The van der Waals surface area contributed by atoms with E-state index in [0.29, 0.717) is 12.6 Å². The van der Waals surface area contributed by atoms with Gasteiger partial charge >= 0.3 is 0 Å². The van der Waals surface area contributed by atoms with Crippen LogP contribution in [0.3, 0.4) is 0 Å². The van der Waals surface area contributed by atoms with Crippen LogP contribution < -0.4 is 4.74 Å². The van der Waals surface area contributed by atoms with Gasteiger partial charge in [0, 0.05) is 27.6 Å². The smallest absolute Gasteiger partial charge is 0.191 e. The maximum Gasteiger partial charge on any atom is 0.191 e. The molecule has 0 saturated heterocycles. The zero-order chi connectivity index (χ0) is 17.1. The molecule has 2 aromatic heterocycles. The Balaban J connectivity index is 1.36. The zero-order valence-electron chi connectivity index (χ0n) is 13.6. The molecule has 1 fully saturated rings. The summed E-state index contributed by atoms with van der Waals surface area (Å²) in [5.74, 6) is 2.83. The molecular weight excluding hydrogens is 418 g/mol. The van der Waals surface area contributed by atoms with Crippen LogP contribution in [-0.2, 0) is 6.42 Å². The molecular formula is C18H18BrN3OS2. The highest BCUT2D eigenvalue weighted by atomic mass is 79.9. The van der Waals surface area contributed by atoms with Crippen LogP contribution in [0.4, 0.5) is 0 Å². The third-order valence-corrected chi connectivity index (χ3v) is 6.22. The van der Waals surface area contributed by atoms with Crippen LogP contribution in [-0.4, -0.2) is 27.1 Å². The van der Waals surface area contributed by atoms with Gasteiger partial charge in [0.25, 0.3) is 0 Å². The van der Waals surface area contributed by atoms with Crippen molar-refractivity contribution < 1.29 is 4.74 Å². The van der Waals surface area contributed by atoms with Gasteiger partial charge in [-0.3, -0.25) is 0 Å². The van der Waals surface area contributed by atoms with E-state index in [1.54, 1.807) is 23.1 Å². The van der Waals surface area contributed by atoms with Gasteiger partial charge < -0.3 is 9.30 Å². The molecule has 1 aliphatic rings. The van der Waals surface area contributed by atoms with E-state index in [1.165, 1.54) is 17.7 Å². The standard InChI is InChI=1S/C18H18BrN3OS2/c19-13-3-1-4-15(11-13)23-8-10-25-18-21-20-17(22(18)14-6-7-14)12-16-5-2-9-24-16/h1-5,9,11,14H,6-8,10,12H2. The summed E-state index contributed by atoms with van der Waals surface area (Å²) in [6.07, 6.45) is 3.34. The maximum atomic E-state index is 5.81. The maximum absolute atomic E-state index is 5.81. The number of nitrogens with zero attached hydrogens (tertiary/aromatic N) is 3. The Labute approximate surface area is 163 Å². The lowest BCUT2D eigenvalue weighted by atomic mass is 10.3. The Hall–Kier alpha value is -1.31. The number of aromatic nitrogens is 3. The second kappa shape index (κ2) is 7.93. The van der Waals surface area contributed by atoms with Gasteiger partial charge in [0.1, 0.15) is 11.6 Å². The fourth-order valence-corrected chi connectivity index (χ4v) is 4.57. The van der Waals surface area contributed by atoms with Gasteiger partial charge in [-0.05, 0) is 42.5 Å². The van der Waals surface area contributed by atoms with Crippen molar-refractivity contribution in [2.24, 2.45) is 0 Å². The number of benzene rings is 1. The molecule has 4 nitrogen and oxygen atoms in total. The summed E-state index contributed by atoms with van der Waals surface area (Å²) < 4.78 is 9.18. The van der Waals surface area contributed by atoms with Crippen molar-refractivity contribution in [3.05, 3.63) is 57.0 Å². The SMILES string of the molecule is Brc1cccc(OCCSc2nnc(Cc3cccs3)n2C2CC2)c1. The highest BCUT2D eigenvalue weighted by molar-refractivity contribution is 9.10. The molecule has 25 heavy (non-hydrogen) atoms. The second-order valence-corrected chi connectivity index (χ2v) is 8.92. The fourth-order valence-electron chi connectivity index (χ4n) is 2.64. The minimum absolute atomic E-state index is 0.582. The number of halogens is 1. The molecule has 0 unspecified atom stereocenters. The van der Waals surface area contributed by atoms with E-state index in [0.717, 1.165) is 33.4 Å². The first-order valence-corrected chi connectivity index (χ1v) is 10.9. The molecule has 7 heteroatoms. The molecule has 2 heterocycles. The van der Waals surface area contributed by atoms with Gasteiger partial charge in [-0.15, -0.1) is 21.5 Å². The molecule has 0 amide bonds. The quantitative estimate of drug-likeness (QED) is 0.360. The van der Waals surface area contributed by atoms with Crippen molar-refractivity contribution in [1.29, 1.82) is 0 Å². The summed E-state index contributed by atoms with van der Waals surface area (Å²) in [4.78, 5) is 1.34. The predicted molar refractivity (Wildman–Crippen MR) is 106 cm³/mol. The first-order chi connectivity index (χ1) is 12.3. The third kappa shape index (κ3) is 4.46. The molecule has 4 rings (SSSR count).